The minimum Gasteiger partial charge on any atom is -0.256 e. The maximum atomic E-state index is 5.04. The lowest BCUT2D eigenvalue weighted by Crippen LogP contribution is -2.00. The summed E-state index contributed by atoms with van der Waals surface area (Å²) in [5.74, 6) is 1.88. The van der Waals surface area contributed by atoms with Gasteiger partial charge in [0.05, 0.1) is 5.52 Å². The van der Waals surface area contributed by atoms with Crippen molar-refractivity contribution in [1.82, 2.24) is 19.9 Å². The molecule has 0 bridgehead atoms. The molecule has 0 saturated heterocycles. The molecule has 0 spiro atoms. The Morgan fingerprint density at radius 2 is 0.692 bits per heavy atom. The van der Waals surface area contributed by atoms with Gasteiger partial charge >= 0.3 is 0 Å². The van der Waals surface area contributed by atoms with E-state index >= 15 is 0 Å². The topological polar surface area (TPSA) is 51.6 Å². The third-order valence-corrected chi connectivity index (χ3v) is 9.42. The molecule has 0 N–H and O–H groups in total. The van der Waals surface area contributed by atoms with Gasteiger partial charge in [-0.3, -0.25) is 4.98 Å². The molecule has 0 saturated carbocycles. The molecule has 0 fully saturated rings. The minimum absolute atomic E-state index is 0.613. The quantitative estimate of drug-likeness (QED) is 0.170. The van der Waals surface area contributed by atoms with Gasteiger partial charge in [-0.2, -0.15) is 0 Å². The Morgan fingerprint density at radius 1 is 0.269 bits per heavy atom. The van der Waals surface area contributed by atoms with E-state index in [1.807, 2.05) is 72.9 Å². The molecule has 4 heteroatoms. The van der Waals surface area contributed by atoms with Gasteiger partial charge in [-0.25, -0.2) is 15.0 Å². The first-order chi connectivity index (χ1) is 25.8. The van der Waals surface area contributed by atoms with Gasteiger partial charge in [-0.05, 0) is 51.1 Å². The monoisotopic (exact) mass is 664 g/mol. The molecule has 244 valence electrons. The lowest BCUT2D eigenvalue weighted by Gasteiger charge is -2.16. The zero-order chi connectivity index (χ0) is 34.7. The van der Waals surface area contributed by atoms with Crippen molar-refractivity contribution >= 4 is 10.9 Å². The van der Waals surface area contributed by atoms with Crippen molar-refractivity contribution in [2.75, 3.05) is 0 Å². The fourth-order valence-electron chi connectivity index (χ4n) is 6.85. The highest BCUT2D eigenvalue weighted by Crippen LogP contribution is 2.40. The van der Waals surface area contributed by atoms with Gasteiger partial charge in [-0.1, -0.05) is 176 Å². The Balaban J connectivity index is 1.20. The summed E-state index contributed by atoms with van der Waals surface area (Å²) < 4.78 is 0. The lowest BCUT2D eigenvalue weighted by atomic mass is 9.89. The Morgan fingerprint density at radius 3 is 1.27 bits per heavy atom. The Kier molecular flexibility index (Phi) is 8.16. The van der Waals surface area contributed by atoms with Gasteiger partial charge in [0, 0.05) is 33.8 Å². The van der Waals surface area contributed by atoms with Crippen LogP contribution in [-0.2, 0) is 0 Å². The first-order valence-electron chi connectivity index (χ1n) is 17.4. The molecule has 2 heterocycles. The minimum atomic E-state index is 0.613. The summed E-state index contributed by atoms with van der Waals surface area (Å²) >= 11 is 0. The van der Waals surface area contributed by atoms with E-state index in [-0.39, 0.29) is 0 Å². The van der Waals surface area contributed by atoms with Crippen molar-refractivity contribution in [1.29, 1.82) is 0 Å². The first-order valence-corrected chi connectivity index (χ1v) is 17.4. The Bertz CT molecular complexity index is 2590. The van der Waals surface area contributed by atoms with Crippen LogP contribution in [0.15, 0.2) is 194 Å². The van der Waals surface area contributed by atoms with Crippen LogP contribution < -0.4 is 0 Å². The number of pyridine rings is 1. The van der Waals surface area contributed by atoms with Crippen LogP contribution in [0.3, 0.4) is 0 Å². The molecule has 0 aliphatic rings. The van der Waals surface area contributed by atoms with Crippen molar-refractivity contribution in [2.24, 2.45) is 0 Å². The van der Waals surface area contributed by atoms with Gasteiger partial charge in [0.1, 0.15) is 0 Å². The first kappa shape index (κ1) is 31.0. The summed E-state index contributed by atoms with van der Waals surface area (Å²) in [5, 5.41) is 1.09. The highest BCUT2D eigenvalue weighted by molar-refractivity contribution is 5.99. The molecule has 9 aromatic rings. The second-order valence-electron chi connectivity index (χ2n) is 12.7. The molecule has 52 heavy (non-hydrogen) atoms. The summed E-state index contributed by atoms with van der Waals surface area (Å²) in [6.45, 7) is 0. The van der Waals surface area contributed by atoms with Crippen LogP contribution in [0.25, 0.3) is 89.6 Å². The fourth-order valence-corrected chi connectivity index (χ4v) is 6.85. The van der Waals surface area contributed by atoms with Crippen LogP contribution in [0.5, 0.6) is 0 Å². The van der Waals surface area contributed by atoms with E-state index in [9.17, 15) is 0 Å². The Labute approximate surface area is 302 Å². The van der Waals surface area contributed by atoms with Crippen molar-refractivity contribution < 1.29 is 0 Å². The summed E-state index contributed by atoms with van der Waals surface area (Å²) in [4.78, 5) is 19.8. The molecule has 0 aliphatic heterocycles. The number of hydrogen-bond donors (Lipinski definition) is 0. The van der Waals surface area contributed by atoms with E-state index in [2.05, 4.69) is 121 Å². The zero-order valence-corrected chi connectivity index (χ0v) is 28.3. The van der Waals surface area contributed by atoms with Crippen molar-refractivity contribution in [2.45, 2.75) is 0 Å². The van der Waals surface area contributed by atoms with Crippen LogP contribution in [0, 0.1) is 0 Å². The molecular formula is C48H32N4. The van der Waals surface area contributed by atoms with Crippen LogP contribution in [0.2, 0.25) is 0 Å². The van der Waals surface area contributed by atoms with Gasteiger partial charge < -0.3 is 0 Å². The lowest BCUT2D eigenvalue weighted by molar-refractivity contribution is 1.07. The number of benzene rings is 7. The third-order valence-electron chi connectivity index (χ3n) is 9.42. The normalized spacial score (nSPS) is 11.1. The number of nitrogens with zero attached hydrogens (tertiary/aromatic N) is 4. The van der Waals surface area contributed by atoms with Crippen LogP contribution in [0.4, 0.5) is 0 Å². The van der Waals surface area contributed by atoms with Crippen LogP contribution in [-0.4, -0.2) is 19.9 Å². The molecule has 9 rings (SSSR count). The fraction of sp³-hybridized carbons (Fsp3) is 0. The summed E-state index contributed by atoms with van der Waals surface area (Å²) in [7, 11) is 0. The molecule has 0 radical (unpaired) electrons. The van der Waals surface area contributed by atoms with E-state index < -0.39 is 0 Å². The highest BCUT2D eigenvalue weighted by atomic mass is 15.0. The van der Waals surface area contributed by atoms with Crippen molar-refractivity contribution in [3.8, 4) is 78.7 Å². The summed E-state index contributed by atoms with van der Waals surface area (Å²) in [5.41, 5.74) is 12.8. The number of aromatic nitrogens is 4. The summed E-state index contributed by atoms with van der Waals surface area (Å²) in [6.07, 6.45) is 1.86. The van der Waals surface area contributed by atoms with Crippen LogP contribution >= 0.6 is 0 Å². The molecule has 0 amide bonds. The molecule has 0 atom stereocenters. The maximum absolute atomic E-state index is 5.04. The number of rotatable bonds is 7. The average molecular weight is 665 g/mol. The SMILES string of the molecule is c1ccc(-c2nc(-c3ccccc3)nc(-c3ccc(-c4ccc(-c5ccccc5-c5ccccc5)cc4)c(-c4cccc5cccnc45)c3)n2)cc1. The van der Waals surface area contributed by atoms with E-state index in [4.69, 9.17) is 19.9 Å². The molecule has 0 aliphatic carbocycles. The number of para-hydroxylation sites is 1. The van der Waals surface area contributed by atoms with Gasteiger partial charge in [0.15, 0.2) is 17.5 Å². The molecular weight excluding hydrogens is 633 g/mol. The van der Waals surface area contributed by atoms with E-state index in [0.717, 1.165) is 49.8 Å². The van der Waals surface area contributed by atoms with Crippen molar-refractivity contribution in [3.05, 3.63) is 194 Å². The van der Waals surface area contributed by atoms with E-state index in [0.29, 0.717) is 17.5 Å². The largest absolute Gasteiger partial charge is 0.256 e. The van der Waals surface area contributed by atoms with Crippen molar-refractivity contribution in [3.63, 3.8) is 0 Å². The average Bonchev–Trinajstić information content (AvgIpc) is 3.24. The van der Waals surface area contributed by atoms with E-state index in [1.54, 1.807) is 0 Å². The molecule has 7 aromatic carbocycles. The smallest absolute Gasteiger partial charge is 0.164 e. The molecule has 4 nitrogen and oxygen atoms in total. The van der Waals surface area contributed by atoms with Gasteiger partial charge in [-0.15, -0.1) is 0 Å². The third kappa shape index (κ3) is 6.03. The second kappa shape index (κ2) is 13.7. The van der Waals surface area contributed by atoms with E-state index in [1.165, 1.54) is 22.3 Å². The van der Waals surface area contributed by atoms with Gasteiger partial charge in [0.2, 0.25) is 0 Å². The Hall–Kier alpha value is -7.04. The standard InChI is InChI=1S/C48H32N4/c1-4-14-33(15-5-1)40-22-10-11-23-41(40)34-25-27-35(28-26-34)42-30-29-39(32-44(42)43-24-12-20-36-21-13-31-49-45(36)43)48-51-46(37-16-6-2-7-17-37)50-47(52-48)38-18-8-3-9-19-38/h1-32H. The predicted octanol–water partition coefficient (Wildman–Crippen LogP) is 12.1. The molecule has 0 unspecified atom stereocenters. The highest BCUT2D eigenvalue weighted by Gasteiger charge is 2.17. The summed E-state index contributed by atoms with van der Waals surface area (Å²) in [6, 6.07) is 65.2. The number of fused-ring (bicyclic) bond motifs is 1. The second-order valence-corrected chi connectivity index (χ2v) is 12.7. The van der Waals surface area contributed by atoms with Gasteiger partial charge in [0.25, 0.3) is 0 Å². The van der Waals surface area contributed by atoms with Crippen LogP contribution in [0.1, 0.15) is 0 Å². The predicted molar refractivity (Wildman–Crippen MR) is 213 cm³/mol. The molecule has 2 aromatic heterocycles. The maximum Gasteiger partial charge on any atom is 0.164 e. The zero-order valence-electron chi connectivity index (χ0n) is 28.3. The number of hydrogen-bond acceptors (Lipinski definition) is 4.